The van der Waals surface area contributed by atoms with Crippen LogP contribution in [0.1, 0.15) is 40.0 Å². The van der Waals surface area contributed by atoms with Gasteiger partial charge in [-0.25, -0.2) is 8.42 Å². The number of carbonyl (C=O) groups excluding carboxylic acids is 2. The fraction of sp³-hybridized carbons (Fsp3) is 0.533. The number of fused-ring (bicyclic) bond motifs is 1. The number of ether oxygens (including phenoxy) is 1. The van der Waals surface area contributed by atoms with E-state index >= 15 is 0 Å². The van der Waals surface area contributed by atoms with E-state index in [1.54, 1.807) is 23.1 Å². The molecule has 0 fully saturated rings. The SMILES string of the molecule is CC(=C(CCOC(=O)C(C)NS(=O)(=O)c1cccc2c(N(C)C)cccc12)C(C)CCC(S)S)N(C=O)CCN(C)C.Cl. The molecule has 0 bridgehead atoms. The summed E-state index contributed by atoms with van der Waals surface area (Å²) < 4.78 is 34.7. The van der Waals surface area contributed by atoms with E-state index in [-0.39, 0.29) is 34.4 Å². The molecule has 2 atom stereocenters. The molecule has 0 aromatic heterocycles. The number of hydrogen-bond donors (Lipinski definition) is 3. The Bertz CT molecular complexity index is 1350. The van der Waals surface area contributed by atoms with Crippen molar-refractivity contribution in [1.29, 1.82) is 0 Å². The lowest BCUT2D eigenvalue weighted by molar-refractivity contribution is -0.145. The minimum atomic E-state index is -4.03. The lowest BCUT2D eigenvalue weighted by atomic mass is 9.92. The Labute approximate surface area is 274 Å². The Kier molecular flexibility index (Phi) is 16.5. The molecule has 0 saturated heterocycles. The zero-order valence-corrected chi connectivity index (χ0v) is 29.5. The first-order valence-electron chi connectivity index (χ1n) is 14.0. The fourth-order valence-electron chi connectivity index (χ4n) is 4.77. The van der Waals surface area contributed by atoms with Gasteiger partial charge in [0.15, 0.2) is 0 Å². The minimum Gasteiger partial charge on any atom is -0.464 e. The van der Waals surface area contributed by atoms with Crippen molar-refractivity contribution in [2.24, 2.45) is 5.92 Å². The second kappa shape index (κ2) is 18.1. The molecule has 2 unspecified atom stereocenters. The highest BCUT2D eigenvalue weighted by molar-refractivity contribution is 7.99. The summed E-state index contributed by atoms with van der Waals surface area (Å²) >= 11 is 8.74. The number of rotatable bonds is 17. The van der Waals surface area contributed by atoms with Crippen molar-refractivity contribution < 1.29 is 22.7 Å². The molecule has 0 aliphatic heterocycles. The molecular formula is C30H47ClN4O5S3. The standard InChI is InChI=1S/C30H46N4O5S3.ClH/c1-21(14-15-29(40)41)24(23(3)34(20-35)18-17-32(4)5)16-19-39-30(36)22(2)31-42(37,38)28-13-9-10-25-26(28)11-8-12-27(25)33(6)7;/h8-13,20-22,29,31,40-41H,14-19H2,1-7H3;1H. The summed E-state index contributed by atoms with van der Waals surface area (Å²) in [6, 6.07) is 9.46. The van der Waals surface area contributed by atoms with Gasteiger partial charge < -0.3 is 19.4 Å². The van der Waals surface area contributed by atoms with Gasteiger partial charge in [0.25, 0.3) is 0 Å². The smallest absolute Gasteiger partial charge is 0.323 e. The van der Waals surface area contributed by atoms with Crippen molar-refractivity contribution in [3.63, 3.8) is 0 Å². The van der Waals surface area contributed by atoms with E-state index in [1.165, 1.54) is 13.0 Å². The summed E-state index contributed by atoms with van der Waals surface area (Å²) in [5, 5.41) is 1.36. The third-order valence-electron chi connectivity index (χ3n) is 7.20. The highest BCUT2D eigenvalue weighted by Crippen LogP contribution is 2.30. The number of carbonyl (C=O) groups is 2. The first kappa shape index (κ1) is 39.1. The second-order valence-electron chi connectivity index (χ2n) is 11.0. The van der Waals surface area contributed by atoms with E-state index in [0.29, 0.717) is 24.9 Å². The molecule has 0 spiro atoms. The van der Waals surface area contributed by atoms with Gasteiger partial charge in [-0.3, -0.25) is 9.59 Å². The van der Waals surface area contributed by atoms with Gasteiger partial charge in [-0.15, -0.1) is 12.4 Å². The van der Waals surface area contributed by atoms with E-state index in [2.05, 4.69) is 36.9 Å². The predicted octanol–water partition coefficient (Wildman–Crippen LogP) is 4.82. The number of thiol groups is 2. The van der Waals surface area contributed by atoms with Gasteiger partial charge in [0, 0.05) is 60.3 Å². The van der Waals surface area contributed by atoms with Crippen LogP contribution in [0, 0.1) is 5.92 Å². The molecule has 2 rings (SSSR count). The molecule has 2 aromatic carbocycles. The van der Waals surface area contributed by atoms with Gasteiger partial charge in [0.05, 0.1) is 11.5 Å². The average molecular weight is 675 g/mol. The number of hydrogen-bond acceptors (Lipinski definition) is 9. The van der Waals surface area contributed by atoms with Crippen LogP contribution in [0.3, 0.4) is 0 Å². The maximum absolute atomic E-state index is 13.4. The van der Waals surface area contributed by atoms with Crippen LogP contribution >= 0.6 is 37.7 Å². The monoisotopic (exact) mass is 674 g/mol. The van der Waals surface area contributed by atoms with E-state index in [4.69, 9.17) is 4.74 Å². The molecular weight excluding hydrogens is 628 g/mol. The molecule has 9 nitrogen and oxygen atoms in total. The number of sulfonamides is 1. The number of nitrogens with zero attached hydrogens (tertiary/aromatic N) is 3. The topological polar surface area (TPSA) is 99.3 Å². The molecule has 0 aliphatic carbocycles. The largest absolute Gasteiger partial charge is 0.464 e. The van der Waals surface area contributed by atoms with Gasteiger partial charge in [-0.2, -0.15) is 30.0 Å². The van der Waals surface area contributed by atoms with Crippen LogP contribution in [0.15, 0.2) is 52.6 Å². The molecule has 1 amide bonds. The van der Waals surface area contributed by atoms with Crippen LogP contribution in [0.5, 0.6) is 0 Å². The average Bonchev–Trinajstić information content (AvgIpc) is 2.92. The third-order valence-corrected chi connectivity index (χ3v) is 9.31. The van der Waals surface area contributed by atoms with E-state index in [9.17, 15) is 18.0 Å². The highest BCUT2D eigenvalue weighted by atomic mass is 35.5. The van der Waals surface area contributed by atoms with Crippen molar-refractivity contribution in [3.05, 3.63) is 47.7 Å². The maximum Gasteiger partial charge on any atom is 0.323 e. The van der Waals surface area contributed by atoms with Crippen LogP contribution in [0.2, 0.25) is 0 Å². The lowest BCUT2D eigenvalue weighted by Crippen LogP contribution is -2.39. The number of halogens is 1. The molecule has 0 saturated carbocycles. The fourth-order valence-corrected chi connectivity index (χ4v) is 6.48. The Morgan fingerprint density at radius 2 is 1.63 bits per heavy atom. The summed E-state index contributed by atoms with van der Waals surface area (Å²) in [6.45, 7) is 6.72. The summed E-state index contributed by atoms with van der Waals surface area (Å²) in [7, 11) is 3.65. The zero-order chi connectivity index (χ0) is 31.6. The Balaban J connectivity index is 0.00000924. The van der Waals surface area contributed by atoms with Crippen molar-refractivity contribution in [2.45, 2.75) is 55.6 Å². The molecule has 13 heteroatoms. The normalized spacial score (nSPS) is 13.7. The van der Waals surface area contributed by atoms with E-state index < -0.39 is 22.0 Å². The van der Waals surface area contributed by atoms with Gasteiger partial charge in [-0.1, -0.05) is 31.2 Å². The Morgan fingerprint density at radius 1 is 1.00 bits per heavy atom. The number of anilines is 1. The molecule has 0 radical (unpaired) electrons. The summed E-state index contributed by atoms with van der Waals surface area (Å²) in [5.74, 6) is -0.579. The maximum atomic E-state index is 13.4. The van der Waals surface area contributed by atoms with Gasteiger partial charge in [0.1, 0.15) is 6.04 Å². The van der Waals surface area contributed by atoms with Crippen molar-refractivity contribution in [2.75, 3.05) is 52.8 Å². The van der Waals surface area contributed by atoms with Crippen LogP contribution < -0.4 is 9.62 Å². The number of allylic oxidation sites excluding steroid dienone is 1. The Morgan fingerprint density at radius 3 is 2.21 bits per heavy atom. The third kappa shape index (κ3) is 11.5. The molecule has 1 N–H and O–H groups in total. The highest BCUT2D eigenvalue weighted by Gasteiger charge is 2.26. The number of amides is 1. The molecule has 43 heavy (non-hydrogen) atoms. The lowest BCUT2D eigenvalue weighted by Gasteiger charge is -2.27. The zero-order valence-electron chi connectivity index (χ0n) is 26.1. The quantitative estimate of drug-likeness (QED) is 0.0958. The van der Waals surface area contributed by atoms with Crippen LogP contribution in [0.25, 0.3) is 10.8 Å². The van der Waals surface area contributed by atoms with E-state index in [0.717, 1.165) is 41.6 Å². The first-order chi connectivity index (χ1) is 19.7. The minimum absolute atomic E-state index is 0. The number of likely N-dealkylation sites (N-methyl/N-ethyl adjacent to an activating group) is 1. The summed E-state index contributed by atoms with van der Waals surface area (Å²) in [5.41, 5.74) is 2.71. The number of esters is 1. The summed E-state index contributed by atoms with van der Waals surface area (Å²) in [4.78, 5) is 30.5. The second-order valence-corrected chi connectivity index (χ2v) is 14.3. The number of nitrogens with one attached hydrogen (secondary N) is 1. The Hall–Kier alpha value is -1.96. The van der Waals surface area contributed by atoms with Crippen LogP contribution in [-0.4, -0.2) is 89.1 Å². The molecule has 2 aromatic rings. The van der Waals surface area contributed by atoms with Gasteiger partial charge in [-0.05, 0) is 64.4 Å². The molecule has 0 aliphatic rings. The predicted molar refractivity (Wildman–Crippen MR) is 185 cm³/mol. The van der Waals surface area contributed by atoms with Crippen molar-refractivity contribution in [3.8, 4) is 0 Å². The van der Waals surface area contributed by atoms with Crippen molar-refractivity contribution >= 4 is 76.5 Å². The van der Waals surface area contributed by atoms with Crippen LogP contribution in [0.4, 0.5) is 5.69 Å². The molecule has 242 valence electrons. The number of benzene rings is 2. The van der Waals surface area contributed by atoms with Crippen molar-refractivity contribution in [1.82, 2.24) is 14.5 Å². The van der Waals surface area contributed by atoms with Gasteiger partial charge in [0.2, 0.25) is 16.4 Å². The summed E-state index contributed by atoms with van der Waals surface area (Å²) in [6.07, 6.45) is 2.80. The van der Waals surface area contributed by atoms with Gasteiger partial charge >= 0.3 is 5.97 Å². The first-order valence-corrected chi connectivity index (χ1v) is 16.5. The molecule has 0 heterocycles. The van der Waals surface area contributed by atoms with Crippen LogP contribution in [-0.2, 0) is 24.3 Å². The van der Waals surface area contributed by atoms with E-state index in [1.807, 2.05) is 57.0 Å².